The van der Waals surface area contributed by atoms with Crippen LogP contribution in [-0.2, 0) is 0 Å². The highest BCUT2D eigenvalue weighted by atomic mass is 19.1. The summed E-state index contributed by atoms with van der Waals surface area (Å²) < 4.78 is 36.9. The molecule has 2 aromatic rings. The summed E-state index contributed by atoms with van der Waals surface area (Å²) >= 11 is 0. The van der Waals surface area contributed by atoms with Crippen LogP contribution >= 0.6 is 0 Å². The Hall–Kier alpha value is -2.94. The second kappa shape index (κ2) is 6.59. The highest BCUT2D eigenvalue weighted by Crippen LogP contribution is 2.42. The van der Waals surface area contributed by atoms with Crippen LogP contribution in [0.4, 0.5) is 19.3 Å². The molecule has 9 heteroatoms. The lowest BCUT2D eigenvalue weighted by atomic mass is 10.0. The molecule has 1 aromatic heterocycles. The molecule has 1 aromatic carbocycles. The van der Waals surface area contributed by atoms with Crippen molar-refractivity contribution in [2.45, 2.75) is 31.3 Å². The van der Waals surface area contributed by atoms with Crippen molar-refractivity contribution in [3.05, 3.63) is 40.2 Å². The molecule has 0 spiro atoms. The number of fused-ring (bicyclic) bond motifs is 1. The first-order valence-corrected chi connectivity index (χ1v) is 8.97. The average Bonchev–Trinajstić information content (AvgIpc) is 3.39. The van der Waals surface area contributed by atoms with Crippen LogP contribution in [0.1, 0.15) is 30.9 Å². The average molecular weight is 391 g/mol. The molecule has 1 aliphatic carbocycles. The fourth-order valence-electron chi connectivity index (χ4n) is 3.80. The van der Waals surface area contributed by atoms with Crippen molar-refractivity contribution in [3.8, 4) is 5.75 Å². The summed E-state index contributed by atoms with van der Waals surface area (Å²) in [6.07, 6.45) is 2.70. The molecule has 1 aliphatic heterocycles. The molecule has 1 saturated heterocycles. The lowest BCUT2D eigenvalue weighted by Crippen LogP contribution is -2.28. The Morgan fingerprint density at radius 2 is 2.04 bits per heavy atom. The maximum atomic E-state index is 15.6. The Morgan fingerprint density at radius 3 is 2.57 bits per heavy atom. The summed E-state index contributed by atoms with van der Waals surface area (Å²) in [6.45, 7) is 4.25. The Kier molecular flexibility index (Phi) is 4.34. The molecule has 148 valence electrons. The van der Waals surface area contributed by atoms with Gasteiger partial charge in [0.1, 0.15) is 5.69 Å². The molecule has 28 heavy (non-hydrogen) atoms. The van der Waals surface area contributed by atoms with E-state index in [1.807, 2.05) is 0 Å². The standard InChI is InChI=1S/C19H19F2N3O4/c1-2-11-13-16(15(21)17(14(11)20)23-6-5-9(22)7-23)24(10-3-4-10)8-12(18(13)25)28-19(26)27/h2,8-10H,1,3-7,22H2,(H,26,27). The van der Waals surface area contributed by atoms with Gasteiger partial charge in [0.2, 0.25) is 5.43 Å². The van der Waals surface area contributed by atoms with Gasteiger partial charge in [-0.1, -0.05) is 12.7 Å². The molecule has 2 heterocycles. The van der Waals surface area contributed by atoms with Gasteiger partial charge in [-0.05, 0) is 19.3 Å². The molecule has 1 saturated carbocycles. The predicted octanol–water partition coefficient (Wildman–Crippen LogP) is 2.85. The summed E-state index contributed by atoms with van der Waals surface area (Å²) in [7, 11) is 0. The Balaban J connectivity index is 2.09. The maximum Gasteiger partial charge on any atom is 0.511 e. The van der Waals surface area contributed by atoms with Crippen LogP contribution in [0.25, 0.3) is 17.0 Å². The molecule has 4 rings (SSSR count). The number of rotatable bonds is 4. The fraction of sp³-hybridized carbons (Fsp3) is 0.368. The SMILES string of the molecule is C=Cc1c(F)c(N2CCC(N)C2)c(F)c2c1c(=O)c(OC(=O)O)cn2C1CC1. The Morgan fingerprint density at radius 1 is 1.32 bits per heavy atom. The highest BCUT2D eigenvalue weighted by Gasteiger charge is 2.34. The van der Waals surface area contributed by atoms with Crippen molar-refractivity contribution < 1.29 is 23.4 Å². The van der Waals surface area contributed by atoms with Crippen molar-refractivity contribution in [1.82, 2.24) is 4.57 Å². The topological polar surface area (TPSA) is 97.8 Å². The lowest BCUT2D eigenvalue weighted by molar-refractivity contribution is 0.143. The summed E-state index contributed by atoms with van der Waals surface area (Å²) in [4.78, 5) is 25.3. The van der Waals surface area contributed by atoms with E-state index in [0.29, 0.717) is 19.5 Å². The van der Waals surface area contributed by atoms with Crippen molar-refractivity contribution >= 4 is 28.8 Å². The predicted molar refractivity (Wildman–Crippen MR) is 99.9 cm³/mol. The number of benzene rings is 1. The molecular weight excluding hydrogens is 372 g/mol. The van der Waals surface area contributed by atoms with Crippen molar-refractivity contribution in [2.24, 2.45) is 5.73 Å². The van der Waals surface area contributed by atoms with E-state index in [1.54, 1.807) is 0 Å². The van der Waals surface area contributed by atoms with Crippen molar-refractivity contribution in [3.63, 3.8) is 0 Å². The molecule has 0 amide bonds. The molecule has 2 fully saturated rings. The number of hydrogen-bond acceptors (Lipinski definition) is 5. The van der Waals surface area contributed by atoms with Crippen LogP contribution in [0.15, 0.2) is 17.6 Å². The van der Waals surface area contributed by atoms with Crippen LogP contribution in [0.2, 0.25) is 0 Å². The second-order valence-electron chi connectivity index (χ2n) is 7.14. The van der Waals surface area contributed by atoms with E-state index >= 15 is 8.78 Å². The Bertz CT molecular complexity index is 1060. The molecule has 7 nitrogen and oxygen atoms in total. The minimum absolute atomic E-state index is 0.0722. The molecule has 3 N–H and O–H groups in total. The van der Waals surface area contributed by atoms with Gasteiger partial charge in [-0.25, -0.2) is 13.6 Å². The van der Waals surface area contributed by atoms with Crippen LogP contribution in [0.5, 0.6) is 5.75 Å². The normalized spacial score (nSPS) is 19.2. The van der Waals surface area contributed by atoms with Gasteiger partial charge >= 0.3 is 6.16 Å². The number of halogens is 2. The lowest BCUT2D eigenvalue weighted by Gasteiger charge is -2.23. The Labute approximate surface area is 158 Å². The quantitative estimate of drug-likeness (QED) is 0.778. The van der Waals surface area contributed by atoms with Crippen LogP contribution in [-0.4, -0.2) is 35.0 Å². The van der Waals surface area contributed by atoms with Gasteiger partial charge in [0.05, 0.1) is 17.1 Å². The maximum absolute atomic E-state index is 15.6. The first kappa shape index (κ1) is 18.4. The first-order valence-electron chi connectivity index (χ1n) is 8.97. The molecule has 0 bridgehead atoms. The van der Waals surface area contributed by atoms with E-state index in [9.17, 15) is 9.59 Å². The summed E-state index contributed by atoms with van der Waals surface area (Å²) in [5.41, 5.74) is 4.50. The molecule has 1 atom stereocenters. The van der Waals surface area contributed by atoms with Crippen LogP contribution in [0.3, 0.4) is 0 Å². The number of aromatic nitrogens is 1. The third-order valence-corrected chi connectivity index (χ3v) is 5.21. The number of nitrogens with two attached hydrogens (primary N) is 1. The minimum atomic E-state index is -1.68. The molecule has 1 unspecified atom stereocenters. The van der Waals surface area contributed by atoms with Crippen molar-refractivity contribution in [2.75, 3.05) is 18.0 Å². The van der Waals surface area contributed by atoms with Crippen LogP contribution in [0, 0.1) is 11.6 Å². The van der Waals surface area contributed by atoms with Gasteiger partial charge in [-0.2, -0.15) is 0 Å². The fourth-order valence-corrected chi connectivity index (χ4v) is 3.80. The van der Waals surface area contributed by atoms with Gasteiger partial charge in [0, 0.05) is 30.7 Å². The van der Waals surface area contributed by atoms with E-state index < -0.39 is 29.0 Å². The number of ether oxygens (including phenoxy) is 1. The van der Waals surface area contributed by atoms with Crippen molar-refractivity contribution in [1.29, 1.82) is 0 Å². The molecular formula is C19H19F2N3O4. The van der Waals surface area contributed by atoms with E-state index in [0.717, 1.165) is 18.9 Å². The number of carboxylic acid groups (broad SMARTS) is 1. The zero-order chi connectivity index (χ0) is 20.2. The summed E-state index contributed by atoms with van der Waals surface area (Å²) in [5, 5.41) is 8.62. The van der Waals surface area contributed by atoms with E-state index in [1.165, 1.54) is 15.7 Å². The minimum Gasteiger partial charge on any atom is -0.449 e. The number of anilines is 1. The zero-order valence-electron chi connectivity index (χ0n) is 15.0. The number of nitrogens with zero attached hydrogens (tertiary/aromatic N) is 2. The number of pyridine rings is 1. The van der Waals surface area contributed by atoms with Crippen LogP contribution < -0.4 is 20.8 Å². The zero-order valence-corrected chi connectivity index (χ0v) is 15.0. The summed E-state index contributed by atoms with van der Waals surface area (Å²) in [5.74, 6) is -2.27. The van der Waals surface area contributed by atoms with Gasteiger partial charge in [0.25, 0.3) is 0 Å². The van der Waals surface area contributed by atoms with E-state index in [2.05, 4.69) is 11.3 Å². The third kappa shape index (κ3) is 2.82. The van der Waals surface area contributed by atoms with E-state index in [-0.39, 0.29) is 34.2 Å². The van der Waals surface area contributed by atoms with Gasteiger partial charge < -0.3 is 25.0 Å². The smallest absolute Gasteiger partial charge is 0.449 e. The summed E-state index contributed by atoms with van der Waals surface area (Å²) in [6, 6.07) is -0.316. The largest absolute Gasteiger partial charge is 0.511 e. The monoisotopic (exact) mass is 391 g/mol. The number of carbonyl (C=O) groups is 1. The second-order valence-corrected chi connectivity index (χ2v) is 7.14. The third-order valence-electron chi connectivity index (χ3n) is 5.21. The first-order chi connectivity index (χ1) is 13.3. The van der Waals surface area contributed by atoms with Gasteiger partial charge in [-0.3, -0.25) is 4.79 Å². The van der Waals surface area contributed by atoms with Gasteiger partial charge in [0.15, 0.2) is 17.4 Å². The highest BCUT2D eigenvalue weighted by molar-refractivity contribution is 5.93. The van der Waals surface area contributed by atoms with Gasteiger partial charge in [-0.15, -0.1) is 0 Å². The molecule has 2 aliphatic rings. The number of hydrogen-bond donors (Lipinski definition) is 2. The van der Waals surface area contributed by atoms with E-state index in [4.69, 9.17) is 10.8 Å². The molecule has 0 radical (unpaired) electrons.